The summed E-state index contributed by atoms with van der Waals surface area (Å²) in [6, 6.07) is 6.54. The van der Waals surface area contributed by atoms with Crippen LogP contribution in [0.3, 0.4) is 0 Å². The number of aromatic nitrogens is 2. The number of hydrogen-bond donors (Lipinski definition) is 1. The van der Waals surface area contributed by atoms with Crippen LogP contribution < -0.4 is 10.1 Å². The molecule has 4 nitrogen and oxygen atoms in total. The lowest BCUT2D eigenvalue weighted by Gasteiger charge is -2.21. The first-order valence-electron chi connectivity index (χ1n) is 6.69. The molecular weight excluding hydrogens is 238 g/mol. The molecule has 0 spiro atoms. The van der Waals surface area contributed by atoms with Gasteiger partial charge in [0.1, 0.15) is 0 Å². The number of rotatable bonds is 3. The molecule has 0 bridgehead atoms. The Morgan fingerprint density at radius 1 is 1.42 bits per heavy atom. The first-order valence-corrected chi connectivity index (χ1v) is 6.69. The van der Waals surface area contributed by atoms with Gasteiger partial charge in [0.25, 0.3) is 0 Å². The summed E-state index contributed by atoms with van der Waals surface area (Å²) in [6.07, 6.45) is 5.00. The molecule has 0 fully saturated rings. The van der Waals surface area contributed by atoms with E-state index in [-0.39, 0.29) is 0 Å². The Bertz CT molecular complexity index is 589. The van der Waals surface area contributed by atoms with Crippen LogP contribution in [-0.2, 0) is 19.9 Å². The van der Waals surface area contributed by atoms with Crippen LogP contribution in [0, 0.1) is 0 Å². The third kappa shape index (κ3) is 2.18. The lowest BCUT2D eigenvalue weighted by molar-refractivity contribution is 0.409. The fraction of sp³-hybridized carbons (Fsp3) is 0.400. The summed E-state index contributed by atoms with van der Waals surface area (Å²) in [6.45, 7) is 1.06. The highest BCUT2D eigenvalue weighted by Crippen LogP contribution is 2.29. The summed E-state index contributed by atoms with van der Waals surface area (Å²) in [5, 5.41) is 7.80. The predicted octanol–water partition coefficient (Wildman–Crippen LogP) is 2.38. The smallest absolute Gasteiger partial charge is 0.160 e. The van der Waals surface area contributed by atoms with Gasteiger partial charge >= 0.3 is 0 Å². The molecule has 4 heteroatoms. The van der Waals surface area contributed by atoms with Crippen LogP contribution in [0.1, 0.15) is 23.2 Å². The van der Waals surface area contributed by atoms with E-state index >= 15 is 0 Å². The second kappa shape index (κ2) is 4.96. The third-order valence-corrected chi connectivity index (χ3v) is 3.76. The van der Waals surface area contributed by atoms with Crippen LogP contribution in [0.4, 0.5) is 5.69 Å². The van der Waals surface area contributed by atoms with Crippen LogP contribution in [-0.4, -0.2) is 23.4 Å². The SMILES string of the molecule is COc1cnn(C)c1Cc1cccc2c1NCCC2. The number of anilines is 1. The topological polar surface area (TPSA) is 39.1 Å². The quantitative estimate of drug-likeness (QED) is 0.917. The van der Waals surface area contributed by atoms with Crippen molar-refractivity contribution < 1.29 is 4.74 Å². The largest absolute Gasteiger partial charge is 0.493 e. The highest BCUT2D eigenvalue weighted by atomic mass is 16.5. The Balaban J connectivity index is 1.97. The molecule has 0 aliphatic carbocycles. The number of nitrogens with zero attached hydrogens (tertiary/aromatic N) is 2. The Hall–Kier alpha value is -1.97. The monoisotopic (exact) mass is 257 g/mol. The summed E-state index contributed by atoms with van der Waals surface area (Å²) >= 11 is 0. The maximum Gasteiger partial charge on any atom is 0.160 e. The molecule has 1 aliphatic rings. The Kier molecular flexibility index (Phi) is 3.15. The van der Waals surface area contributed by atoms with E-state index in [0.717, 1.165) is 24.4 Å². The fourth-order valence-electron chi connectivity index (χ4n) is 2.72. The maximum atomic E-state index is 5.38. The first kappa shape index (κ1) is 12.1. The number of hydrogen-bond acceptors (Lipinski definition) is 3. The van der Waals surface area contributed by atoms with Crippen LogP contribution in [0.15, 0.2) is 24.4 Å². The van der Waals surface area contributed by atoms with Gasteiger partial charge in [0.2, 0.25) is 0 Å². The summed E-state index contributed by atoms with van der Waals surface area (Å²) in [5.41, 5.74) is 5.16. The average molecular weight is 257 g/mol. The first-order chi connectivity index (χ1) is 9.29. The minimum Gasteiger partial charge on any atom is -0.493 e. The molecule has 0 amide bonds. The summed E-state index contributed by atoms with van der Waals surface area (Å²) in [7, 11) is 3.65. The van der Waals surface area contributed by atoms with Crippen molar-refractivity contribution in [1.29, 1.82) is 0 Å². The van der Waals surface area contributed by atoms with Crippen molar-refractivity contribution in [2.24, 2.45) is 7.05 Å². The number of aryl methyl sites for hydroxylation is 2. The van der Waals surface area contributed by atoms with Gasteiger partial charge < -0.3 is 10.1 Å². The number of fused-ring (bicyclic) bond motifs is 1. The summed E-state index contributed by atoms with van der Waals surface area (Å²) in [4.78, 5) is 0. The maximum absolute atomic E-state index is 5.38. The number of methoxy groups -OCH3 is 1. The van der Waals surface area contributed by atoms with Crippen LogP contribution in [0.25, 0.3) is 0 Å². The summed E-state index contributed by atoms with van der Waals surface area (Å²) in [5.74, 6) is 0.857. The van der Waals surface area contributed by atoms with Crippen molar-refractivity contribution in [3.8, 4) is 5.75 Å². The molecule has 2 aromatic rings. The van der Waals surface area contributed by atoms with E-state index in [1.165, 1.54) is 29.7 Å². The number of para-hydroxylation sites is 1. The third-order valence-electron chi connectivity index (χ3n) is 3.76. The van der Waals surface area contributed by atoms with Crippen molar-refractivity contribution in [3.05, 3.63) is 41.2 Å². The second-order valence-electron chi connectivity index (χ2n) is 4.94. The van der Waals surface area contributed by atoms with Gasteiger partial charge in [-0.15, -0.1) is 0 Å². The molecule has 0 saturated carbocycles. The predicted molar refractivity (Wildman–Crippen MR) is 75.8 cm³/mol. The molecule has 1 aromatic heterocycles. The average Bonchev–Trinajstić information content (AvgIpc) is 2.80. The zero-order valence-electron chi connectivity index (χ0n) is 11.4. The van der Waals surface area contributed by atoms with Crippen LogP contribution in [0.5, 0.6) is 5.75 Å². The van der Waals surface area contributed by atoms with Crippen molar-refractivity contribution in [1.82, 2.24) is 9.78 Å². The van der Waals surface area contributed by atoms with Gasteiger partial charge in [-0.05, 0) is 24.0 Å². The molecule has 1 aromatic carbocycles. The van der Waals surface area contributed by atoms with E-state index in [2.05, 4.69) is 28.6 Å². The van der Waals surface area contributed by atoms with E-state index in [0.29, 0.717) is 0 Å². The van der Waals surface area contributed by atoms with Crippen LogP contribution >= 0.6 is 0 Å². The summed E-state index contributed by atoms with van der Waals surface area (Å²) < 4.78 is 7.27. The van der Waals surface area contributed by atoms with E-state index in [1.807, 2.05) is 11.7 Å². The Morgan fingerprint density at radius 3 is 3.16 bits per heavy atom. The lowest BCUT2D eigenvalue weighted by atomic mass is 9.97. The Labute approximate surface area is 113 Å². The molecule has 0 atom stereocenters. The molecule has 1 aliphatic heterocycles. The van der Waals surface area contributed by atoms with Gasteiger partial charge in [-0.1, -0.05) is 18.2 Å². The highest BCUT2D eigenvalue weighted by Gasteiger charge is 2.16. The van der Waals surface area contributed by atoms with Gasteiger partial charge in [0, 0.05) is 25.7 Å². The minimum absolute atomic E-state index is 0.843. The van der Waals surface area contributed by atoms with E-state index in [4.69, 9.17) is 4.74 Å². The zero-order valence-corrected chi connectivity index (χ0v) is 11.4. The molecule has 3 rings (SSSR count). The zero-order chi connectivity index (χ0) is 13.2. The van der Waals surface area contributed by atoms with Crippen molar-refractivity contribution >= 4 is 5.69 Å². The van der Waals surface area contributed by atoms with E-state index in [9.17, 15) is 0 Å². The normalized spacial score (nSPS) is 13.8. The van der Waals surface area contributed by atoms with Gasteiger partial charge in [-0.3, -0.25) is 4.68 Å². The highest BCUT2D eigenvalue weighted by molar-refractivity contribution is 5.60. The molecule has 1 N–H and O–H groups in total. The van der Waals surface area contributed by atoms with Crippen molar-refractivity contribution in [3.63, 3.8) is 0 Å². The van der Waals surface area contributed by atoms with Crippen molar-refractivity contribution in [2.45, 2.75) is 19.3 Å². The van der Waals surface area contributed by atoms with Crippen LogP contribution in [0.2, 0.25) is 0 Å². The van der Waals surface area contributed by atoms with Crippen molar-refractivity contribution in [2.75, 3.05) is 19.0 Å². The Morgan fingerprint density at radius 2 is 2.32 bits per heavy atom. The van der Waals surface area contributed by atoms with Gasteiger partial charge in [0.15, 0.2) is 5.75 Å². The second-order valence-corrected chi connectivity index (χ2v) is 4.94. The van der Waals surface area contributed by atoms with Gasteiger partial charge in [-0.25, -0.2) is 0 Å². The molecule has 0 saturated heterocycles. The minimum atomic E-state index is 0.843. The standard InChI is InChI=1S/C15H19N3O/c1-18-13(14(19-2)10-17-18)9-12-6-3-5-11-7-4-8-16-15(11)12/h3,5-6,10,16H,4,7-9H2,1-2H3. The van der Waals surface area contributed by atoms with E-state index < -0.39 is 0 Å². The lowest BCUT2D eigenvalue weighted by Crippen LogP contribution is -2.14. The number of ether oxygens (including phenoxy) is 1. The van der Waals surface area contributed by atoms with Gasteiger partial charge in [0.05, 0.1) is 19.0 Å². The number of benzene rings is 1. The molecule has 100 valence electrons. The molecule has 0 unspecified atom stereocenters. The molecule has 2 heterocycles. The number of nitrogens with one attached hydrogen (secondary N) is 1. The fourth-order valence-corrected chi connectivity index (χ4v) is 2.72. The van der Waals surface area contributed by atoms with Gasteiger partial charge in [-0.2, -0.15) is 5.10 Å². The van der Waals surface area contributed by atoms with E-state index in [1.54, 1.807) is 13.3 Å². The molecular formula is C15H19N3O. The molecule has 19 heavy (non-hydrogen) atoms. The molecule has 0 radical (unpaired) electrons.